The lowest BCUT2D eigenvalue weighted by atomic mass is 10.1. The second-order valence-electron chi connectivity index (χ2n) is 4.47. The van der Waals surface area contributed by atoms with Crippen LogP contribution in [0.15, 0.2) is 11.4 Å². The molecule has 2 heterocycles. The van der Waals surface area contributed by atoms with Crippen LogP contribution in [0.5, 0.6) is 0 Å². The Kier molecular flexibility index (Phi) is 4.93. The number of carbonyl (C=O) groups is 2. The summed E-state index contributed by atoms with van der Waals surface area (Å²) in [5.41, 5.74) is 0.578. The van der Waals surface area contributed by atoms with E-state index >= 15 is 0 Å². The van der Waals surface area contributed by atoms with Gasteiger partial charge in [0.25, 0.3) is 0 Å². The lowest BCUT2D eigenvalue weighted by Gasteiger charge is -2.14. The monoisotopic (exact) mass is 282 g/mol. The molecule has 0 aliphatic carbocycles. The Balaban J connectivity index is 1.96. The number of ether oxygens (including phenoxy) is 1. The highest BCUT2D eigenvalue weighted by Gasteiger charge is 2.21. The molecule has 2 N–H and O–H groups in total. The predicted octanol–water partition coefficient (Wildman–Crippen LogP) is 1.29. The molecule has 19 heavy (non-hydrogen) atoms. The first-order valence-corrected chi connectivity index (χ1v) is 7.26. The molecule has 1 saturated heterocycles. The van der Waals surface area contributed by atoms with Crippen molar-refractivity contribution in [3.63, 3.8) is 0 Å². The minimum absolute atomic E-state index is 0.0497. The Morgan fingerprint density at radius 1 is 1.58 bits per heavy atom. The highest BCUT2D eigenvalue weighted by atomic mass is 32.1. The van der Waals surface area contributed by atoms with E-state index in [1.165, 1.54) is 18.4 Å². The first-order chi connectivity index (χ1) is 9.22. The maximum Gasteiger partial charge on any atom is 0.339 e. The van der Waals surface area contributed by atoms with Crippen LogP contribution in [0, 0.1) is 0 Å². The largest absolute Gasteiger partial charge is 0.465 e. The first kappa shape index (κ1) is 14.0. The number of amides is 1. The van der Waals surface area contributed by atoms with E-state index in [-0.39, 0.29) is 17.9 Å². The van der Waals surface area contributed by atoms with Gasteiger partial charge in [0.2, 0.25) is 5.91 Å². The number of carbonyl (C=O) groups excluding carboxylic acids is 2. The van der Waals surface area contributed by atoms with Crippen molar-refractivity contribution in [2.45, 2.75) is 31.8 Å². The fourth-order valence-electron chi connectivity index (χ4n) is 2.12. The average molecular weight is 282 g/mol. The molecule has 0 radical (unpaired) electrons. The van der Waals surface area contributed by atoms with Crippen molar-refractivity contribution in [1.82, 2.24) is 10.6 Å². The lowest BCUT2D eigenvalue weighted by Crippen LogP contribution is -2.42. The van der Waals surface area contributed by atoms with Crippen molar-refractivity contribution in [2.75, 3.05) is 13.7 Å². The molecule has 1 aliphatic heterocycles. The number of esters is 1. The molecule has 1 aliphatic rings. The van der Waals surface area contributed by atoms with E-state index in [1.54, 1.807) is 6.07 Å². The van der Waals surface area contributed by atoms with Gasteiger partial charge in [0.15, 0.2) is 0 Å². The summed E-state index contributed by atoms with van der Waals surface area (Å²) in [6, 6.07) is 1.58. The lowest BCUT2D eigenvalue weighted by molar-refractivity contribution is -0.122. The molecule has 104 valence electrons. The van der Waals surface area contributed by atoms with Gasteiger partial charge in [0.05, 0.1) is 18.7 Å². The van der Waals surface area contributed by atoms with Gasteiger partial charge in [-0.15, -0.1) is 11.3 Å². The molecule has 0 saturated carbocycles. The fourth-order valence-corrected chi connectivity index (χ4v) is 2.93. The second-order valence-corrected chi connectivity index (χ2v) is 5.47. The van der Waals surface area contributed by atoms with E-state index in [1.807, 2.05) is 5.38 Å². The van der Waals surface area contributed by atoms with Crippen molar-refractivity contribution in [2.24, 2.45) is 0 Å². The quantitative estimate of drug-likeness (QED) is 0.817. The molecule has 1 aromatic heterocycles. The van der Waals surface area contributed by atoms with Crippen LogP contribution in [0.25, 0.3) is 0 Å². The summed E-state index contributed by atoms with van der Waals surface area (Å²) in [4.78, 5) is 24.2. The maximum atomic E-state index is 11.8. The van der Waals surface area contributed by atoms with Crippen LogP contribution in [0.4, 0.5) is 0 Å². The molecule has 6 heteroatoms. The molecule has 1 fully saturated rings. The van der Waals surface area contributed by atoms with Gasteiger partial charge in [-0.25, -0.2) is 4.79 Å². The summed E-state index contributed by atoms with van der Waals surface area (Å²) in [7, 11) is 1.37. The minimum Gasteiger partial charge on any atom is -0.465 e. The summed E-state index contributed by atoms with van der Waals surface area (Å²) in [6.07, 6.45) is 2.89. The zero-order chi connectivity index (χ0) is 13.7. The molecule has 0 spiro atoms. The van der Waals surface area contributed by atoms with Gasteiger partial charge in [0.1, 0.15) is 0 Å². The maximum absolute atomic E-state index is 11.8. The van der Waals surface area contributed by atoms with Crippen LogP contribution in [0.1, 0.15) is 34.5 Å². The van der Waals surface area contributed by atoms with E-state index in [0.717, 1.165) is 30.7 Å². The minimum atomic E-state index is -0.330. The predicted molar refractivity (Wildman–Crippen MR) is 73.1 cm³/mol. The highest BCUT2D eigenvalue weighted by molar-refractivity contribution is 7.10. The van der Waals surface area contributed by atoms with Gasteiger partial charge < -0.3 is 15.4 Å². The number of rotatable bonds is 4. The van der Waals surface area contributed by atoms with Gasteiger partial charge in [-0.05, 0) is 30.7 Å². The summed E-state index contributed by atoms with van der Waals surface area (Å²) in [5, 5.41) is 7.96. The molecular formula is C13H18N2O3S. The molecular weight excluding hydrogens is 264 g/mol. The van der Waals surface area contributed by atoms with Crippen molar-refractivity contribution in [3.05, 3.63) is 21.9 Å². The molecule has 1 atom stereocenters. The van der Waals surface area contributed by atoms with Gasteiger partial charge >= 0.3 is 5.97 Å². The molecule has 0 aromatic carbocycles. The molecule has 1 amide bonds. The zero-order valence-corrected chi connectivity index (χ0v) is 11.7. The molecule has 5 nitrogen and oxygen atoms in total. The molecule has 1 aromatic rings. The fraction of sp³-hybridized carbons (Fsp3) is 0.538. The van der Waals surface area contributed by atoms with Crippen LogP contribution in [0.3, 0.4) is 0 Å². The molecule has 0 unspecified atom stereocenters. The summed E-state index contributed by atoms with van der Waals surface area (Å²) in [5.74, 6) is -0.281. The number of nitrogens with one attached hydrogen (secondary N) is 2. The third-order valence-corrected chi connectivity index (χ3v) is 4.12. The van der Waals surface area contributed by atoms with Crippen molar-refractivity contribution in [1.29, 1.82) is 0 Å². The van der Waals surface area contributed by atoms with Crippen LogP contribution >= 0.6 is 11.3 Å². The van der Waals surface area contributed by atoms with E-state index in [0.29, 0.717) is 12.1 Å². The standard InChI is InChI=1S/C13H18N2O3S/c1-18-13(17)9-5-7-19-11(9)8-15-10-4-2-3-6-14-12(10)16/h5,7,10,15H,2-4,6,8H2,1H3,(H,14,16)/t10-/m0/s1. The Hall–Kier alpha value is -1.40. The van der Waals surface area contributed by atoms with Gasteiger partial charge in [0, 0.05) is 18.0 Å². The van der Waals surface area contributed by atoms with Gasteiger partial charge in [-0.1, -0.05) is 0 Å². The number of hydrogen-bond acceptors (Lipinski definition) is 5. The van der Waals surface area contributed by atoms with Crippen molar-refractivity contribution in [3.8, 4) is 0 Å². The van der Waals surface area contributed by atoms with Crippen LogP contribution in [0.2, 0.25) is 0 Å². The van der Waals surface area contributed by atoms with Crippen LogP contribution < -0.4 is 10.6 Å². The van der Waals surface area contributed by atoms with E-state index in [9.17, 15) is 9.59 Å². The summed E-state index contributed by atoms with van der Waals surface area (Å²) in [6.45, 7) is 1.27. The summed E-state index contributed by atoms with van der Waals surface area (Å²) < 4.78 is 4.73. The smallest absolute Gasteiger partial charge is 0.339 e. The third-order valence-electron chi connectivity index (χ3n) is 3.20. The van der Waals surface area contributed by atoms with E-state index in [2.05, 4.69) is 10.6 Å². The van der Waals surface area contributed by atoms with Crippen LogP contribution in [-0.2, 0) is 16.1 Å². The Labute approximate surface area is 116 Å². The zero-order valence-electron chi connectivity index (χ0n) is 10.9. The highest BCUT2D eigenvalue weighted by Crippen LogP contribution is 2.18. The summed E-state index contributed by atoms with van der Waals surface area (Å²) >= 11 is 1.49. The van der Waals surface area contributed by atoms with Gasteiger partial charge in [-0.2, -0.15) is 0 Å². The number of methoxy groups -OCH3 is 1. The van der Waals surface area contributed by atoms with Gasteiger partial charge in [-0.3, -0.25) is 4.79 Å². The van der Waals surface area contributed by atoms with Crippen molar-refractivity contribution >= 4 is 23.2 Å². The van der Waals surface area contributed by atoms with E-state index < -0.39 is 0 Å². The Morgan fingerprint density at radius 2 is 2.42 bits per heavy atom. The normalized spacial score (nSPS) is 19.6. The number of thiophene rings is 1. The van der Waals surface area contributed by atoms with Crippen molar-refractivity contribution < 1.29 is 14.3 Å². The average Bonchev–Trinajstić information content (AvgIpc) is 2.79. The Morgan fingerprint density at radius 3 is 3.21 bits per heavy atom. The number of hydrogen-bond donors (Lipinski definition) is 2. The van der Waals surface area contributed by atoms with Crippen LogP contribution in [-0.4, -0.2) is 31.6 Å². The molecule has 0 bridgehead atoms. The third kappa shape index (κ3) is 3.54. The SMILES string of the molecule is COC(=O)c1ccsc1CN[C@H]1CCCCNC1=O. The molecule has 2 rings (SSSR count). The van der Waals surface area contributed by atoms with E-state index in [4.69, 9.17) is 4.74 Å². The Bertz CT molecular complexity index is 458. The first-order valence-electron chi connectivity index (χ1n) is 6.38. The topological polar surface area (TPSA) is 67.4 Å². The second kappa shape index (κ2) is 6.68.